The number of hydrogen-bond donors (Lipinski definition) is 1. The molecule has 0 spiro atoms. The molecule has 3 nitrogen and oxygen atoms in total. The molecule has 0 saturated carbocycles. The second kappa shape index (κ2) is 8.25. The monoisotopic (exact) mass is 278 g/mol. The molecule has 114 valence electrons. The van der Waals surface area contributed by atoms with Crippen LogP contribution in [0.1, 0.15) is 50.4 Å². The summed E-state index contributed by atoms with van der Waals surface area (Å²) in [6, 6.07) is 0.577. The molecular formula is C17H30N2O. The lowest BCUT2D eigenvalue weighted by Crippen LogP contribution is -2.30. The van der Waals surface area contributed by atoms with Crippen molar-refractivity contribution in [2.24, 2.45) is 5.92 Å². The average molecular weight is 278 g/mol. The van der Waals surface area contributed by atoms with E-state index in [0.717, 1.165) is 36.6 Å². The van der Waals surface area contributed by atoms with Crippen molar-refractivity contribution >= 4 is 0 Å². The van der Waals surface area contributed by atoms with Crippen LogP contribution in [0, 0.1) is 19.8 Å². The fourth-order valence-electron chi connectivity index (χ4n) is 2.80. The summed E-state index contributed by atoms with van der Waals surface area (Å²) in [5, 5.41) is 3.58. The number of nitrogens with zero attached hydrogens (tertiary/aromatic N) is 1. The molecule has 1 unspecified atom stereocenters. The number of aromatic nitrogens is 1. The number of aryl methyl sites for hydroxylation is 2. The lowest BCUT2D eigenvalue weighted by Gasteiger charge is -2.20. The van der Waals surface area contributed by atoms with Crippen LogP contribution in [-0.4, -0.2) is 24.7 Å². The summed E-state index contributed by atoms with van der Waals surface area (Å²) in [7, 11) is 1.74. The zero-order valence-corrected chi connectivity index (χ0v) is 13.9. The van der Waals surface area contributed by atoms with Crippen molar-refractivity contribution in [1.29, 1.82) is 0 Å². The van der Waals surface area contributed by atoms with Crippen LogP contribution in [0.4, 0.5) is 0 Å². The molecule has 20 heavy (non-hydrogen) atoms. The largest absolute Gasteiger partial charge is 0.496 e. The SMILES string of the molecule is CCNC(CCc1ncc(C)c(OC)c1C)CC(C)C. The predicted molar refractivity (Wildman–Crippen MR) is 85.5 cm³/mol. The van der Waals surface area contributed by atoms with Gasteiger partial charge >= 0.3 is 0 Å². The van der Waals surface area contributed by atoms with Gasteiger partial charge < -0.3 is 10.1 Å². The van der Waals surface area contributed by atoms with Gasteiger partial charge in [-0.25, -0.2) is 0 Å². The highest BCUT2D eigenvalue weighted by atomic mass is 16.5. The number of methoxy groups -OCH3 is 1. The second-order valence-electron chi connectivity index (χ2n) is 5.97. The zero-order chi connectivity index (χ0) is 15.1. The molecule has 0 aromatic carbocycles. The summed E-state index contributed by atoms with van der Waals surface area (Å²) < 4.78 is 5.48. The van der Waals surface area contributed by atoms with Crippen LogP contribution in [0.2, 0.25) is 0 Å². The minimum Gasteiger partial charge on any atom is -0.496 e. The second-order valence-corrected chi connectivity index (χ2v) is 5.97. The Bertz CT molecular complexity index is 416. The number of nitrogens with one attached hydrogen (secondary N) is 1. The molecule has 0 saturated heterocycles. The Morgan fingerprint density at radius 3 is 2.55 bits per heavy atom. The Labute approximate surface area is 124 Å². The zero-order valence-electron chi connectivity index (χ0n) is 13.9. The topological polar surface area (TPSA) is 34.2 Å². The van der Waals surface area contributed by atoms with Crippen molar-refractivity contribution in [3.8, 4) is 5.75 Å². The molecule has 0 bridgehead atoms. The Balaban J connectivity index is 2.72. The lowest BCUT2D eigenvalue weighted by atomic mass is 9.97. The Kier molecular flexibility index (Phi) is 7.00. The maximum Gasteiger partial charge on any atom is 0.128 e. The molecule has 1 aromatic heterocycles. The molecule has 1 N–H and O–H groups in total. The Hall–Kier alpha value is -1.09. The quantitative estimate of drug-likeness (QED) is 0.788. The van der Waals surface area contributed by atoms with Crippen LogP contribution < -0.4 is 10.1 Å². The maximum atomic E-state index is 5.48. The first-order chi connectivity index (χ1) is 9.49. The smallest absolute Gasteiger partial charge is 0.128 e. The van der Waals surface area contributed by atoms with Crippen LogP contribution in [0.15, 0.2) is 6.20 Å². The summed E-state index contributed by atoms with van der Waals surface area (Å²) in [6.07, 6.45) is 5.28. The molecular weight excluding hydrogens is 248 g/mol. The van der Waals surface area contributed by atoms with E-state index in [1.165, 1.54) is 17.7 Å². The molecule has 0 aliphatic heterocycles. The van der Waals surface area contributed by atoms with Gasteiger partial charge in [0.2, 0.25) is 0 Å². The molecule has 0 aliphatic rings. The van der Waals surface area contributed by atoms with Crippen LogP contribution >= 0.6 is 0 Å². The Morgan fingerprint density at radius 1 is 1.30 bits per heavy atom. The molecule has 1 heterocycles. The van der Waals surface area contributed by atoms with Crippen LogP contribution in [0.5, 0.6) is 5.75 Å². The third-order valence-electron chi connectivity index (χ3n) is 3.73. The first kappa shape index (κ1) is 17.0. The van der Waals surface area contributed by atoms with E-state index in [9.17, 15) is 0 Å². The van der Waals surface area contributed by atoms with E-state index >= 15 is 0 Å². The third kappa shape index (κ3) is 4.78. The van der Waals surface area contributed by atoms with E-state index in [2.05, 4.69) is 38.0 Å². The first-order valence-electron chi connectivity index (χ1n) is 7.72. The summed E-state index contributed by atoms with van der Waals surface area (Å²) in [5.74, 6) is 1.71. The van der Waals surface area contributed by atoms with Crippen molar-refractivity contribution in [2.75, 3.05) is 13.7 Å². The fraction of sp³-hybridized carbons (Fsp3) is 0.706. The van der Waals surface area contributed by atoms with Gasteiger partial charge in [0.1, 0.15) is 5.75 Å². The normalized spacial score (nSPS) is 12.8. The molecule has 0 aliphatic carbocycles. The molecule has 0 fully saturated rings. The summed E-state index contributed by atoms with van der Waals surface area (Å²) in [4.78, 5) is 4.59. The molecule has 1 atom stereocenters. The van der Waals surface area contributed by atoms with Crippen molar-refractivity contribution in [1.82, 2.24) is 10.3 Å². The highest BCUT2D eigenvalue weighted by Gasteiger charge is 2.13. The van der Waals surface area contributed by atoms with Crippen LogP contribution in [0.3, 0.4) is 0 Å². The van der Waals surface area contributed by atoms with Gasteiger partial charge in [-0.2, -0.15) is 0 Å². The van der Waals surface area contributed by atoms with Crippen LogP contribution in [-0.2, 0) is 6.42 Å². The van der Waals surface area contributed by atoms with Gasteiger partial charge in [0.05, 0.1) is 7.11 Å². The predicted octanol–water partition coefficient (Wildman–Crippen LogP) is 3.66. The van der Waals surface area contributed by atoms with Crippen molar-refractivity contribution in [3.63, 3.8) is 0 Å². The minimum absolute atomic E-state index is 0.577. The fourth-order valence-corrected chi connectivity index (χ4v) is 2.80. The standard InChI is InChI=1S/C17H30N2O/c1-7-18-15(10-12(2)3)8-9-16-14(5)17(20-6)13(4)11-19-16/h11-12,15,18H,7-10H2,1-6H3. The Morgan fingerprint density at radius 2 is 2.00 bits per heavy atom. The number of rotatable bonds is 8. The number of pyridine rings is 1. The van der Waals surface area contributed by atoms with Crippen molar-refractivity contribution in [2.45, 2.75) is 59.9 Å². The van der Waals surface area contributed by atoms with Gasteiger partial charge in [-0.05, 0) is 45.6 Å². The third-order valence-corrected chi connectivity index (χ3v) is 3.73. The highest BCUT2D eigenvalue weighted by Crippen LogP contribution is 2.25. The molecule has 3 heteroatoms. The summed E-state index contributed by atoms with van der Waals surface area (Å²) in [6.45, 7) is 11.9. The van der Waals surface area contributed by atoms with Gasteiger partial charge in [-0.15, -0.1) is 0 Å². The average Bonchev–Trinajstić information content (AvgIpc) is 2.38. The van der Waals surface area contributed by atoms with E-state index in [0.29, 0.717) is 6.04 Å². The van der Waals surface area contributed by atoms with Gasteiger partial charge in [0.15, 0.2) is 0 Å². The van der Waals surface area contributed by atoms with E-state index < -0.39 is 0 Å². The molecule has 0 radical (unpaired) electrons. The van der Waals surface area contributed by atoms with E-state index in [4.69, 9.17) is 4.74 Å². The van der Waals surface area contributed by atoms with Gasteiger partial charge in [-0.1, -0.05) is 20.8 Å². The van der Waals surface area contributed by atoms with Gasteiger partial charge in [0, 0.05) is 29.1 Å². The first-order valence-corrected chi connectivity index (χ1v) is 7.72. The van der Waals surface area contributed by atoms with Crippen LogP contribution in [0.25, 0.3) is 0 Å². The number of hydrogen-bond acceptors (Lipinski definition) is 3. The minimum atomic E-state index is 0.577. The van der Waals surface area contributed by atoms with E-state index in [-0.39, 0.29) is 0 Å². The van der Waals surface area contributed by atoms with Gasteiger partial charge in [-0.3, -0.25) is 4.98 Å². The molecule has 0 amide bonds. The lowest BCUT2D eigenvalue weighted by molar-refractivity contribution is 0.398. The van der Waals surface area contributed by atoms with E-state index in [1.54, 1.807) is 7.11 Å². The molecule has 1 aromatic rings. The maximum absolute atomic E-state index is 5.48. The summed E-state index contributed by atoms with van der Waals surface area (Å²) in [5.41, 5.74) is 3.46. The summed E-state index contributed by atoms with van der Waals surface area (Å²) >= 11 is 0. The van der Waals surface area contributed by atoms with Crippen molar-refractivity contribution in [3.05, 3.63) is 23.0 Å². The molecule has 1 rings (SSSR count). The number of ether oxygens (including phenoxy) is 1. The van der Waals surface area contributed by atoms with Gasteiger partial charge in [0.25, 0.3) is 0 Å². The highest BCUT2D eigenvalue weighted by molar-refractivity contribution is 5.41. The van der Waals surface area contributed by atoms with E-state index in [1.807, 2.05) is 13.1 Å². The van der Waals surface area contributed by atoms with Crippen molar-refractivity contribution < 1.29 is 4.74 Å².